The van der Waals surface area contributed by atoms with E-state index in [0.29, 0.717) is 12.2 Å². The van der Waals surface area contributed by atoms with Crippen molar-refractivity contribution in [3.05, 3.63) is 75.1 Å². The van der Waals surface area contributed by atoms with Crippen molar-refractivity contribution >= 4 is 32.4 Å². The Hall–Kier alpha value is -2.07. The molecule has 2 aromatic carbocycles. The van der Waals surface area contributed by atoms with E-state index in [4.69, 9.17) is 5.73 Å². The summed E-state index contributed by atoms with van der Waals surface area (Å²) in [6.07, 6.45) is 1.83. The van der Waals surface area contributed by atoms with Crippen molar-refractivity contribution in [2.45, 2.75) is 6.54 Å². The molecule has 0 spiro atoms. The number of nitrogens with zero attached hydrogens (tertiary/aromatic N) is 1. The summed E-state index contributed by atoms with van der Waals surface area (Å²) in [7, 11) is 0. The Labute approximate surface area is 124 Å². The lowest BCUT2D eigenvalue weighted by Gasteiger charge is -2.09. The van der Waals surface area contributed by atoms with E-state index in [1.165, 1.54) is 0 Å². The Kier molecular flexibility index (Phi) is 3.32. The van der Waals surface area contributed by atoms with Gasteiger partial charge in [-0.2, -0.15) is 0 Å². The first-order valence-electron chi connectivity index (χ1n) is 6.27. The maximum absolute atomic E-state index is 12.4. The van der Waals surface area contributed by atoms with Crippen molar-refractivity contribution in [1.82, 2.24) is 4.57 Å². The Morgan fingerprint density at radius 1 is 1.10 bits per heavy atom. The van der Waals surface area contributed by atoms with Crippen molar-refractivity contribution in [3.8, 4) is 0 Å². The number of aromatic nitrogens is 1. The zero-order valence-electron chi connectivity index (χ0n) is 10.7. The molecule has 0 radical (unpaired) electrons. The first-order valence-corrected chi connectivity index (χ1v) is 7.06. The molecule has 0 aliphatic heterocycles. The molecule has 4 heteroatoms. The third kappa shape index (κ3) is 2.34. The predicted octanol–water partition coefficient (Wildman–Crippen LogP) is 3.39. The monoisotopic (exact) mass is 328 g/mol. The largest absolute Gasteiger partial charge is 0.399 e. The number of fused-ring (bicyclic) bond motifs is 1. The van der Waals surface area contributed by atoms with Crippen molar-refractivity contribution < 1.29 is 0 Å². The van der Waals surface area contributed by atoms with Crippen LogP contribution in [0.25, 0.3) is 10.8 Å². The number of pyridine rings is 1. The summed E-state index contributed by atoms with van der Waals surface area (Å²) >= 11 is 3.48. The lowest BCUT2D eigenvalue weighted by atomic mass is 10.1. The molecule has 0 aliphatic carbocycles. The molecule has 100 valence electrons. The molecule has 0 unspecified atom stereocenters. The van der Waals surface area contributed by atoms with Gasteiger partial charge < -0.3 is 10.3 Å². The SMILES string of the molecule is Nc1ccc(Cn2ccc3ccccc3c2=O)c(Br)c1. The maximum atomic E-state index is 12.4. The fourth-order valence-electron chi connectivity index (χ4n) is 2.23. The third-order valence-corrected chi connectivity index (χ3v) is 4.04. The normalized spacial score (nSPS) is 10.8. The van der Waals surface area contributed by atoms with Gasteiger partial charge in [0.15, 0.2) is 0 Å². The average Bonchev–Trinajstić information content (AvgIpc) is 2.45. The van der Waals surface area contributed by atoms with Crippen LogP contribution in [0, 0.1) is 0 Å². The maximum Gasteiger partial charge on any atom is 0.258 e. The van der Waals surface area contributed by atoms with E-state index < -0.39 is 0 Å². The van der Waals surface area contributed by atoms with Crippen LogP contribution < -0.4 is 11.3 Å². The predicted molar refractivity (Wildman–Crippen MR) is 85.9 cm³/mol. The molecule has 0 saturated carbocycles. The van der Waals surface area contributed by atoms with Crippen molar-refractivity contribution in [1.29, 1.82) is 0 Å². The smallest absolute Gasteiger partial charge is 0.258 e. The van der Waals surface area contributed by atoms with Crippen LogP contribution in [0.15, 0.2) is 64.0 Å². The summed E-state index contributed by atoms with van der Waals surface area (Å²) in [5.41, 5.74) is 7.47. The summed E-state index contributed by atoms with van der Waals surface area (Å²) in [6, 6.07) is 15.2. The summed E-state index contributed by atoms with van der Waals surface area (Å²) < 4.78 is 2.62. The zero-order chi connectivity index (χ0) is 14.1. The molecule has 0 amide bonds. The highest BCUT2D eigenvalue weighted by Crippen LogP contribution is 2.20. The minimum absolute atomic E-state index is 0.0202. The van der Waals surface area contributed by atoms with E-state index in [1.54, 1.807) is 4.57 Å². The number of hydrogen-bond acceptors (Lipinski definition) is 2. The van der Waals surface area contributed by atoms with E-state index in [2.05, 4.69) is 15.9 Å². The van der Waals surface area contributed by atoms with Crippen LogP contribution in [0.4, 0.5) is 5.69 Å². The second-order valence-electron chi connectivity index (χ2n) is 4.69. The summed E-state index contributed by atoms with van der Waals surface area (Å²) in [5.74, 6) is 0. The van der Waals surface area contributed by atoms with E-state index in [9.17, 15) is 4.79 Å². The number of nitrogen functional groups attached to an aromatic ring is 1. The second-order valence-corrected chi connectivity index (χ2v) is 5.54. The number of rotatable bonds is 2. The van der Waals surface area contributed by atoms with Gasteiger partial charge >= 0.3 is 0 Å². The molecule has 3 rings (SSSR count). The first-order chi connectivity index (χ1) is 9.65. The van der Waals surface area contributed by atoms with Gasteiger partial charge in [0, 0.05) is 21.7 Å². The average molecular weight is 329 g/mol. The Bertz CT molecular complexity index is 839. The second kappa shape index (κ2) is 5.13. The molecule has 20 heavy (non-hydrogen) atoms. The number of benzene rings is 2. The van der Waals surface area contributed by atoms with Crippen LogP contribution in [0.3, 0.4) is 0 Å². The van der Waals surface area contributed by atoms with Gasteiger partial charge in [-0.15, -0.1) is 0 Å². The van der Waals surface area contributed by atoms with Crippen LogP contribution in [0.5, 0.6) is 0 Å². The summed E-state index contributed by atoms with van der Waals surface area (Å²) in [4.78, 5) is 12.4. The molecular weight excluding hydrogens is 316 g/mol. The topological polar surface area (TPSA) is 48.0 Å². The highest BCUT2D eigenvalue weighted by Gasteiger charge is 2.05. The van der Waals surface area contributed by atoms with Gasteiger partial charge in [-0.3, -0.25) is 4.79 Å². The molecule has 2 N–H and O–H groups in total. The van der Waals surface area contributed by atoms with Crippen LogP contribution in [-0.4, -0.2) is 4.57 Å². The Morgan fingerprint density at radius 3 is 2.70 bits per heavy atom. The lowest BCUT2D eigenvalue weighted by molar-refractivity contribution is 0.765. The number of nitrogens with two attached hydrogens (primary N) is 1. The van der Waals surface area contributed by atoms with Gasteiger partial charge in [-0.1, -0.05) is 40.2 Å². The van der Waals surface area contributed by atoms with E-state index in [1.807, 2.05) is 54.7 Å². The molecular formula is C16H13BrN2O. The number of anilines is 1. The van der Waals surface area contributed by atoms with E-state index >= 15 is 0 Å². The lowest BCUT2D eigenvalue weighted by Crippen LogP contribution is -2.20. The molecule has 3 aromatic rings. The van der Waals surface area contributed by atoms with Gasteiger partial charge in [0.25, 0.3) is 5.56 Å². The van der Waals surface area contributed by atoms with Crippen LogP contribution >= 0.6 is 15.9 Å². The van der Waals surface area contributed by atoms with Gasteiger partial charge in [-0.05, 0) is 35.2 Å². The molecule has 1 aromatic heterocycles. The van der Waals surface area contributed by atoms with Gasteiger partial charge in [0.05, 0.1) is 6.54 Å². The van der Waals surface area contributed by atoms with E-state index in [-0.39, 0.29) is 5.56 Å². The molecule has 0 atom stereocenters. The van der Waals surface area contributed by atoms with Crippen molar-refractivity contribution in [3.63, 3.8) is 0 Å². The molecule has 0 saturated heterocycles. The van der Waals surface area contributed by atoms with Crippen LogP contribution in [0.2, 0.25) is 0 Å². The molecule has 0 aliphatic rings. The van der Waals surface area contributed by atoms with Gasteiger partial charge in [-0.25, -0.2) is 0 Å². The first kappa shape index (κ1) is 12.9. The fraction of sp³-hybridized carbons (Fsp3) is 0.0625. The number of hydrogen-bond donors (Lipinski definition) is 1. The highest BCUT2D eigenvalue weighted by molar-refractivity contribution is 9.10. The minimum Gasteiger partial charge on any atom is -0.399 e. The van der Waals surface area contributed by atoms with Crippen molar-refractivity contribution in [2.24, 2.45) is 0 Å². The minimum atomic E-state index is 0.0202. The standard InChI is InChI=1S/C16H13BrN2O/c17-15-9-13(18)6-5-12(15)10-19-8-7-11-3-1-2-4-14(11)16(19)20/h1-9H,10,18H2. The zero-order valence-corrected chi connectivity index (χ0v) is 12.3. The quantitative estimate of drug-likeness (QED) is 0.733. The molecule has 3 nitrogen and oxygen atoms in total. The number of halogens is 1. The van der Waals surface area contributed by atoms with Crippen LogP contribution in [-0.2, 0) is 6.54 Å². The van der Waals surface area contributed by atoms with E-state index in [0.717, 1.165) is 20.8 Å². The Balaban J connectivity index is 2.07. The molecule has 0 bridgehead atoms. The van der Waals surface area contributed by atoms with Crippen molar-refractivity contribution in [2.75, 3.05) is 5.73 Å². The van der Waals surface area contributed by atoms with Gasteiger partial charge in [0.2, 0.25) is 0 Å². The third-order valence-electron chi connectivity index (χ3n) is 3.30. The highest BCUT2D eigenvalue weighted by atomic mass is 79.9. The summed E-state index contributed by atoms with van der Waals surface area (Å²) in [6.45, 7) is 0.518. The fourth-order valence-corrected chi connectivity index (χ4v) is 2.75. The van der Waals surface area contributed by atoms with Gasteiger partial charge in [0.1, 0.15) is 0 Å². The molecule has 1 heterocycles. The molecule has 0 fully saturated rings. The summed E-state index contributed by atoms with van der Waals surface area (Å²) in [5, 5.41) is 1.70. The van der Waals surface area contributed by atoms with Crippen LogP contribution in [0.1, 0.15) is 5.56 Å². The Morgan fingerprint density at radius 2 is 1.90 bits per heavy atom.